The number of para-hydroxylation sites is 1. The molecule has 0 radical (unpaired) electrons. The van der Waals surface area contributed by atoms with Gasteiger partial charge in [-0.3, -0.25) is 4.79 Å². The minimum atomic E-state index is -3.64. The third-order valence-corrected chi connectivity index (χ3v) is 8.34. The van der Waals surface area contributed by atoms with E-state index in [2.05, 4.69) is 0 Å². The van der Waals surface area contributed by atoms with Crippen molar-refractivity contribution in [3.8, 4) is 0 Å². The van der Waals surface area contributed by atoms with E-state index in [0.717, 1.165) is 29.8 Å². The highest BCUT2D eigenvalue weighted by Gasteiger charge is 2.38. The van der Waals surface area contributed by atoms with Crippen LogP contribution < -0.4 is 4.90 Å². The van der Waals surface area contributed by atoms with Crippen molar-refractivity contribution in [2.75, 3.05) is 31.6 Å². The molecule has 9 heteroatoms. The Balaban J connectivity index is 1.46. The zero-order valence-electron chi connectivity index (χ0n) is 19.4. The molecule has 0 atom stereocenters. The summed E-state index contributed by atoms with van der Waals surface area (Å²) in [6.07, 6.45) is 4.58. The number of allylic oxidation sites excluding steroid dienone is 1. The quantitative estimate of drug-likeness (QED) is 0.476. The molecular weight excluding hydrogens is 442 g/mol. The number of ether oxygens (including phenoxy) is 1. The molecule has 0 spiro atoms. The standard InChI is InChI=1S/C24H29N3O5S/c1-24(2)19-9-5-6-10-20(19)26(4)22(24)13-17(28)16-32-23(29)21-14-18(15-25(21)3)33(30,31)27-11-7-8-12-27/h5-6,9-10,13-15H,7-8,11-12,16H2,1-4H3/b22-13-. The number of aromatic nitrogens is 1. The Bertz CT molecular complexity index is 1240. The van der Waals surface area contributed by atoms with Crippen LogP contribution in [0.5, 0.6) is 0 Å². The molecule has 1 aromatic carbocycles. The molecule has 2 aliphatic heterocycles. The van der Waals surface area contributed by atoms with Crippen LogP contribution in [-0.4, -0.2) is 55.8 Å². The monoisotopic (exact) mass is 471 g/mol. The van der Waals surface area contributed by atoms with Crippen molar-refractivity contribution in [1.29, 1.82) is 0 Å². The molecule has 0 unspecified atom stereocenters. The molecule has 3 heterocycles. The number of aryl methyl sites for hydroxylation is 1. The van der Waals surface area contributed by atoms with Crippen molar-refractivity contribution in [3.63, 3.8) is 0 Å². The van der Waals surface area contributed by atoms with Gasteiger partial charge in [-0.15, -0.1) is 0 Å². The lowest BCUT2D eigenvalue weighted by molar-refractivity contribution is -0.117. The molecular formula is C24H29N3O5S. The second kappa shape index (κ2) is 8.46. The molecule has 2 aliphatic rings. The predicted octanol–water partition coefficient (Wildman–Crippen LogP) is 2.85. The fraction of sp³-hybridized carbons (Fsp3) is 0.417. The van der Waals surface area contributed by atoms with Crippen LogP contribution in [0.3, 0.4) is 0 Å². The van der Waals surface area contributed by atoms with Crippen molar-refractivity contribution < 1.29 is 22.7 Å². The highest BCUT2D eigenvalue weighted by molar-refractivity contribution is 7.89. The maximum absolute atomic E-state index is 12.8. The Kier molecular flexibility index (Phi) is 5.96. The lowest BCUT2D eigenvalue weighted by atomic mass is 9.83. The van der Waals surface area contributed by atoms with Crippen molar-refractivity contribution in [2.45, 2.75) is 37.0 Å². The van der Waals surface area contributed by atoms with Gasteiger partial charge in [-0.25, -0.2) is 13.2 Å². The smallest absolute Gasteiger partial charge is 0.355 e. The minimum absolute atomic E-state index is 0.0550. The normalized spacial score (nSPS) is 19.2. The van der Waals surface area contributed by atoms with Gasteiger partial charge in [-0.2, -0.15) is 4.31 Å². The van der Waals surface area contributed by atoms with Gasteiger partial charge < -0.3 is 14.2 Å². The van der Waals surface area contributed by atoms with Crippen LogP contribution in [0.2, 0.25) is 0 Å². The second-order valence-corrected chi connectivity index (χ2v) is 11.0. The molecule has 1 saturated heterocycles. The average Bonchev–Trinajstić information content (AvgIpc) is 3.49. The van der Waals surface area contributed by atoms with Crippen molar-refractivity contribution in [3.05, 3.63) is 59.6 Å². The summed E-state index contributed by atoms with van der Waals surface area (Å²) in [5.74, 6) is -1.08. The fourth-order valence-corrected chi connectivity index (χ4v) is 6.21. The van der Waals surface area contributed by atoms with Gasteiger partial charge in [-0.1, -0.05) is 32.0 Å². The summed E-state index contributed by atoms with van der Waals surface area (Å²) in [6.45, 7) is 4.63. The van der Waals surface area contributed by atoms with E-state index in [1.165, 1.54) is 27.2 Å². The van der Waals surface area contributed by atoms with Gasteiger partial charge in [0.2, 0.25) is 10.0 Å². The molecule has 8 nitrogen and oxygen atoms in total. The van der Waals surface area contributed by atoms with Crippen molar-refractivity contribution in [2.24, 2.45) is 7.05 Å². The van der Waals surface area contributed by atoms with Gasteiger partial charge in [0, 0.05) is 56.3 Å². The highest BCUT2D eigenvalue weighted by Crippen LogP contribution is 2.46. The molecule has 176 valence electrons. The van der Waals surface area contributed by atoms with Crippen LogP contribution in [0.25, 0.3) is 0 Å². The van der Waals surface area contributed by atoms with Crippen LogP contribution in [0, 0.1) is 0 Å². The SMILES string of the molecule is CN1/C(=C\C(=O)COC(=O)c2cc(S(=O)(=O)N3CCCC3)cn2C)C(C)(C)c2ccccc21. The predicted molar refractivity (Wildman–Crippen MR) is 125 cm³/mol. The van der Waals surface area contributed by atoms with Crippen LogP contribution in [-0.2, 0) is 32.0 Å². The molecule has 4 rings (SSSR count). The summed E-state index contributed by atoms with van der Waals surface area (Å²) in [6, 6.07) is 9.28. The number of likely N-dealkylation sites (N-methyl/N-ethyl adjacent to an activating group) is 1. The number of esters is 1. The summed E-state index contributed by atoms with van der Waals surface area (Å²) < 4.78 is 33.6. The van der Waals surface area contributed by atoms with Gasteiger partial charge in [0.15, 0.2) is 12.4 Å². The first-order valence-electron chi connectivity index (χ1n) is 11.0. The van der Waals surface area contributed by atoms with Gasteiger partial charge >= 0.3 is 5.97 Å². The van der Waals surface area contributed by atoms with Crippen molar-refractivity contribution >= 4 is 27.5 Å². The molecule has 2 aromatic rings. The lowest BCUT2D eigenvalue weighted by Crippen LogP contribution is -2.27. The maximum Gasteiger partial charge on any atom is 0.355 e. The number of ketones is 1. The second-order valence-electron chi connectivity index (χ2n) is 9.06. The number of fused-ring (bicyclic) bond motifs is 1. The molecule has 1 aromatic heterocycles. The van der Waals surface area contributed by atoms with Gasteiger partial charge in [0.25, 0.3) is 0 Å². The van der Waals surface area contributed by atoms with E-state index in [9.17, 15) is 18.0 Å². The average molecular weight is 472 g/mol. The first-order chi connectivity index (χ1) is 15.5. The Morgan fingerprint density at radius 2 is 1.79 bits per heavy atom. The van der Waals surface area contributed by atoms with E-state index in [1.807, 2.05) is 50.1 Å². The van der Waals surface area contributed by atoms with E-state index in [1.54, 1.807) is 7.05 Å². The van der Waals surface area contributed by atoms with Gasteiger partial charge in [-0.05, 0) is 30.5 Å². The third-order valence-electron chi connectivity index (χ3n) is 6.48. The summed E-state index contributed by atoms with van der Waals surface area (Å²) in [4.78, 5) is 27.3. The molecule has 0 amide bonds. The largest absolute Gasteiger partial charge is 0.453 e. The molecule has 0 saturated carbocycles. The Labute approximate surface area is 194 Å². The van der Waals surface area contributed by atoms with Crippen LogP contribution >= 0.6 is 0 Å². The summed E-state index contributed by atoms with van der Waals surface area (Å²) in [5.41, 5.74) is 2.71. The number of benzene rings is 1. The number of rotatable bonds is 6. The summed E-state index contributed by atoms with van der Waals surface area (Å²) >= 11 is 0. The zero-order chi connectivity index (χ0) is 24.0. The Hall–Kier alpha value is -2.91. The molecule has 0 bridgehead atoms. The molecule has 33 heavy (non-hydrogen) atoms. The van der Waals surface area contributed by atoms with Crippen LogP contribution in [0.4, 0.5) is 5.69 Å². The van der Waals surface area contributed by atoms with E-state index >= 15 is 0 Å². The zero-order valence-corrected chi connectivity index (χ0v) is 20.2. The third kappa shape index (κ3) is 4.11. The molecule has 0 aliphatic carbocycles. The van der Waals surface area contributed by atoms with E-state index in [0.29, 0.717) is 13.1 Å². The fourth-order valence-electron chi connectivity index (χ4n) is 4.62. The lowest BCUT2D eigenvalue weighted by Gasteiger charge is -2.23. The summed E-state index contributed by atoms with van der Waals surface area (Å²) in [5, 5.41) is 0. The first-order valence-corrected chi connectivity index (χ1v) is 12.4. The van der Waals surface area contributed by atoms with Gasteiger partial charge in [0.05, 0.1) is 0 Å². The highest BCUT2D eigenvalue weighted by atomic mass is 32.2. The summed E-state index contributed by atoms with van der Waals surface area (Å²) in [7, 11) is -0.156. The van der Waals surface area contributed by atoms with E-state index in [4.69, 9.17) is 4.74 Å². The van der Waals surface area contributed by atoms with Crippen molar-refractivity contribution in [1.82, 2.24) is 8.87 Å². The molecule has 0 N–H and O–H groups in total. The number of hydrogen-bond donors (Lipinski definition) is 0. The van der Waals surface area contributed by atoms with Crippen LogP contribution in [0.1, 0.15) is 42.7 Å². The van der Waals surface area contributed by atoms with Crippen LogP contribution in [0.15, 0.2) is 53.2 Å². The Morgan fingerprint density at radius 3 is 2.45 bits per heavy atom. The number of carbonyl (C=O) groups is 2. The maximum atomic E-state index is 12.8. The number of nitrogens with zero attached hydrogens (tertiary/aromatic N) is 3. The molecule has 1 fully saturated rings. The van der Waals surface area contributed by atoms with Gasteiger partial charge in [0.1, 0.15) is 10.6 Å². The number of hydrogen-bond acceptors (Lipinski definition) is 6. The number of anilines is 1. The first kappa shape index (κ1) is 23.3. The van der Waals surface area contributed by atoms with E-state index in [-0.39, 0.29) is 21.8 Å². The minimum Gasteiger partial charge on any atom is -0.453 e. The number of carbonyl (C=O) groups excluding carboxylic acids is 2. The number of sulfonamides is 1. The topological polar surface area (TPSA) is 88.9 Å². The van der Waals surface area contributed by atoms with E-state index < -0.39 is 22.6 Å². The Morgan fingerprint density at radius 1 is 1.12 bits per heavy atom.